The molecule has 2 aliphatic rings. The second kappa shape index (κ2) is 8.87. The lowest BCUT2D eigenvalue weighted by Crippen LogP contribution is -2.61. The van der Waals surface area contributed by atoms with Gasteiger partial charge in [-0.05, 0) is 12.3 Å². The Morgan fingerprint density at radius 2 is 2.11 bits per heavy atom. The molecule has 9 nitrogen and oxygen atoms in total. The molecule has 0 aliphatic carbocycles. The highest BCUT2D eigenvalue weighted by Crippen LogP contribution is 2.29. The van der Waals surface area contributed by atoms with E-state index in [0.717, 1.165) is 0 Å². The molecule has 3 heterocycles. The van der Waals surface area contributed by atoms with Crippen LogP contribution in [-0.2, 0) is 14.3 Å². The summed E-state index contributed by atoms with van der Waals surface area (Å²) in [5, 5.41) is 4.98. The fourth-order valence-corrected chi connectivity index (χ4v) is 4.31. The van der Waals surface area contributed by atoms with Gasteiger partial charge in [-0.2, -0.15) is 0 Å². The summed E-state index contributed by atoms with van der Waals surface area (Å²) in [6, 6.07) is -0.849. The Hall–Kier alpha value is -2.20. The predicted molar refractivity (Wildman–Crippen MR) is 105 cm³/mol. The van der Waals surface area contributed by atoms with E-state index in [9.17, 15) is 14.4 Å². The first-order valence-corrected chi connectivity index (χ1v) is 10.3. The van der Waals surface area contributed by atoms with Crippen molar-refractivity contribution in [2.75, 3.05) is 45.2 Å². The number of hydrogen-bond donors (Lipinski definition) is 1. The highest BCUT2D eigenvalue weighted by molar-refractivity contribution is 7.13. The molecule has 0 aromatic carbocycles. The van der Waals surface area contributed by atoms with E-state index in [4.69, 9.17) is 4.74 Å². The monoisotopic (exact) mass is 409 g/mol. The standard InChI is InChI=1S/C18H27N5O4S/c1-12(2)8-14-16(25)21(5-6-27-3)9-13-10-22(18(26)23(13)14)11-15(24)20-17-19-4-7-28-17/h4,7,12-14H,5-6,8-11H2,1-3H3,(H,19,20,24)/t13-,14-/m0/s1. The van der Waals surface area contributed by atoms with Gasteiger partial charge < -0.3 is 24.8 Å². The molecule has 0 saturated carbocycles. The maximum atomic E-state index is 13.0. The number of carbonyl (C=O) groups is 3. The number of piperazine rings is 1. The summed E-state index contributed by atoms with van der Waals surface area (Å²) in [5.41, 5.74) is 0. The Balaban J connectivity index is 1.71. The highest BCUT2D eigenvalue weighted by Gasteiger charge is 2.49. The number of rotatable bonds is 8. The first-order valence-electron chi connectivity index (χ1n) is 9.45. The molecule has 2 atom stereocenters. The van der Waals surface area contributed by atoms with Crippen molar-refractivity contribution in [2.45, 2.75) is 32.4 Å². The number of nitrogens with one attached hydrogen (secondary N) is 1. The molecule has 1 aromatic heterocycles. The van der Waals surface area contributed by atoms with Crippen LogP contribution in [0.3, 0.4) is 0 Å². The van der Waals surface area contributed by atoms with Gasteiger partial charge in [0, 0.05) is 38.3 Å². The molecule has 0 spiro atoms. The Morgan fingerprint density at radius 3 is 2.75 bits per heavy atom. The smallest absolute Gasteiger partial charge is 0.321 e. The van der Waals surface area contributed by atoms with Crippen LogP contribution in [0.5, 0.6) is 0 Å². The van der Waals surface area contributed by atoms with Crippen molar-refractivity contribution in [3.8, 4) is 0 Å². The summed E-state index contributed by atoms with van der Waals surface area (Å²) in [4.78, 5) is 47.3. The fourth-order valence-electron chi connectivity index (χ4n) is 3.76. The van der Waals surface area contributed by atoms with Gasteiger partial charge in [-0.3, -0.25) is 9.59 Å². The average Bonchev–Trinajstić information content (AvgIpc) is 3.24. The van der Waals surface area contributed by atoms with Crippen LogP contribution in [0.1, 0.15) is 20.3 Å². The zero-order valence-corrected chi connectivity index (χ0v) is 17.3. The van der Waals surface area contributed by atoms with Crippen LogP contribution in [0.4, 0.5) is 9.93 Å². The Labute approximate surface area is 168 Å². The zero-order valence-electron chi connectivity index (χ0n) is 16.5. The van der Waals surface area contributed by atoms with Crippen LogP contribution in [0.2, 0.25) is 0 Å². The van der Waals surface area contributed by atoms with Crippen LogP contribution in [0.15, 0.2) is 11.6 Å². The number of aromatic nitrogens is 1. The molecule has 0 unspecified atom stereocenters. The van der Waals surface area contributed by atoms with E-state index < -0.39 is 6.04 Å². The second-order valence-electron chi connectivity index (χ2n) is 7.53. The van der Waals surface area contributed by atoms with Gasteiger partial charge in [0.15, 0.2) is 5.13 Å². The summed E-state index contributed by atoms with van der Waals surface area (Å²) >= 11 is 1.33. The molecule has 3 rings (SSSR count). The van der Waals surface area contributed by atoms with Crippen LogP contribution in [0.25, 0.3) is 0 Å². The summed E-state index contributed by atoms with van der Waals surface area (Å²) < 4.78 is 5.12. The molecule has 2 fully saturated rings. The first kappa shape index (κ1) is 20.5. The lowest BCUT2D eigenvalue weighted by atomic mass is 9.97. The molecule has 28 heavy (non-hydrogen) atoms. The largest absolute Gasteiger partial charge is 0.383 e. The van der Waals surface area contributed by atoms with Crippen LogP contribution in [-0.4, -0.2) is 89.5 Å². The minimum Gasteiger partial charge on any atom is -0.383 e. The maximum Gasteiger partial charge on any atom is 0.321 e. The summed E-state index contributed by atoms with van der Waals surface area (Å²) in [6.07, 6.45) is 2.21. The molecule has 1 aromatic rings. The van der Waals surface area contributed by atoms with Gasteiger partial charge in [0.05, 0.1) is 12.6 Å². The minimum atomic E-state index is -0.491. The number of amides is 4. The second-order valence-corrected chi connectivity index (χ2v) is 8.43. The van der Waals surface area contributed by atoms with E-state index in [1.807, 2.05) is 13.8 Å². The van der Waals surface area contributed by atoms with Gasteiger partial charge in [-0.25, -0.2) is 9.78 Å². The molecule has 1 N–H and O–H groups in total. The number of anilines is 1. The molecule has 154 valence electrons. The topological polar surface area (TPSA) is 95.1 Å². The number of carbonyl (C=O) groups excluding carboxylic acids is 3. The van der Waals surface area contributed by atoms with E-state index in [2.05, 4.69) is 10.3 Å². The van der Waals surface area contributed by atoms with Crippen LogP contribution < -0.4 is 5.32 Å². The minimum absolute atomic E-state index is 0.0376. The molecular formula is C18H27N5O4S. The van der Waals surface area contributed by atoms with Crippen molar-refractivity contribution >= 4 is 34.3 Å². The van der Waals surface area contributed by atoms with Crippen molar-refractivity contribution in [1.82, 2.24) is 19.7 Å². The highest BCUT2D eigenvalue weighted by atomic mass is 32.1. The maximum absolute atomic E-state index is 13.0. The molecule has 10 heteroatoms. The van der Waals surface area contributed by atoms with Gasteiger partial charge in [0.2, 0.25) is 11.8 Å². The van der Waals surface area contributed by atoms with Crippen LogP contribution >= 0.6 is 11.3 Å². The Bertz CT molecular complexity index is 711. The first-order chi connectivity index (χ1) is 13.4. The number of ether oxygens (including phenoxy) is 1. The van der Waals surface area contributed by atoms with Gasteiger partial charge in [-0.1, -0.05) is 13.8 Å². The van der Waals surface area contributed by atoms with E-state index in [-0.39, 0.29) is 36.3 Å². The molecule has 2 saturated heterocycles. The Kier molecular flexibility index (Phi) is 6.50. The molecule has 0 radical (unpaired) electrons. The van der Waals surface area contributed by atoms with Gasteiger partial charge in [0.1, 0.15) is 12.6 Å². The molecule has 0 bridgehead atoms. The van der Waals surface area contributed by atoms with E-state index in [0.29, 0.717) is 37.8 Å². The summed E-state index contributed by atoms with van der Waals surface area (Å²) in [5.74, 6) is -0.0532. The van der Waals surface area contributed by atoms with Crippen molar-refractivity contribution in [3.05, 3.63) is 11.6 Å². The van der Waals surface area contributed by atoms with Crippen molar-refractivity contribution in [2.24, 2.45) is 5.92 Å². The van der Waals surface area contributed by atoms with E-state index >= 15 is 0 Å². The third kappa shape index (κ3) is 4.44. The molecule has 2 aliphatic heterocycles. The lowest BCUT2D eigenvalue weighted by Gasteiger charge is -2.42. The van der Waals surface area contributed by atoms with Gasteiger partial charge >= 0.3 is 6.03 Å². The zero-order chi connectivity index (χ0) is 20.3. The number of hydrogen-bond acceptors (Lipinski definition) is 6. The van der Waals surface area contributed by atoms with Crippen molar-refractivity contribution in [3.63, 3.8) is 0 Å². The third-order valence-electron chi connectivity index (χ3n) is 4.95. The SMILES string of the molecule is COCCN1C[C@H]2CN(CC(=O)Nc3nccs3)C(=O)N2[C@@H](CC(C)C)C1=O. The van der Waals surface area contributed by atoms with Crippen molar-refractivity contribution < 1.29 is 19.1 Å². The number of fused-ring (bicyclic) bond motifs is 1. The fraction of sp³-hybridized carbons (Fsp3) is 0.667. The molecule has 4 amide bonds. The van der Waals surface area contributed by atoms with Gasteiger partial charge in [0.25, 0.3) is 0 Å². The third-order valence-corrected chi connectivity index (χ3v) is 5.64. The van der Waals surface area contributed by atoms with E-state index in [1.54, 1.807) is 28.5 Å². The molecular weight excluding hydrogens is 382 g/mol. The van der Waals surface area contributed by atoms with E-state index in [1.165, 1.54) is 16.2 Å². The number of nitrogens with zero attached hydrogens (tertiary/aromatic N) is 4. The number of thiazole rings is 1. The number of urea groups is 1. The lowest BCUT2D eigenvalue weighted by molar-refractivity contribution is -0.143. The number of methoxy groups -OCH3 is 1. The summed E-state index contributed by atoms with van der Waals surface area (Å²) in [6.45, 7) is 5.88. The van der Waals surface area contributed by atoms with Gasteiger partial charge in [-0.15, -0.1) is 11.3 Å². The average molecular weight is 410 g/mol. The van der Waals surface area contributed by atoms with Crippen LogP contribution in [0, 0.1) is 5.92 Å². The quantitative estimate of drug-likeness (QED) is 0.694. The van der Waals surface area contributed by atoms with Crippen molar-refractivity contribution in [1.29, 1.82) is 0 Å². The predicted octanol–water partition coefficient (Wildman–Crippen LogP) is 1.09. The Morgan fingerprint density at radius 1 is 1.36 bits per heavy atom. The summed E-state index contributed by atoms with van der Waals surface area (Å²) in [7, 11) is 1.61. The normalized spacial score (nSPS) is 22.2.